The number of hydrogen-bond acceptors (Lipinski definition) is 5. The van der Waals surface area contributed by atoms with Gasteiger partial charge in [-0.1, -0.05) is 13.3 Å². The van der Waals surface area contributed by atoms with Gasteiger partial charge in [0.25, 0.3) is 0 Å². The Kier molecular flexibility index (Phi) is 5.14. The van der Waals surface area contributed by atoms with E-state index in [4.69, 9.17) is 0 Å². The van der Waals surface area contributed by atoms with Crippen molar-refractivity contribution in [2.24, 2.45) is 0 Å². The first-order chi connectivity index (χ1) is 13.8. The largest absolute Gasteiger partial charge is 0.324 e. The van der Waals surface area contributed by atoms with Gasteiger partial charge in [-0.2, -0.15) is 0 Å². The second kappa shape index (κ2) is 8.04. The average molecular weight is 374 g/mol. The molecule has 0 bridgehead atoms. The molecule has 0 amide bonds. The number of aromatic nitrogens is 6. The summed E-state index contributed by atoms with van der Waals surface area (Å²) in [5, 5.41) is 0. The fourth-order valence-corrected chi connectivity index (χ4v) is 3.21. The lowest BCUT2D eigenvalue weighted by atomic mass is 10.0. The highest BCUT2D eigenvalue weighted by atomic mass is 19.1. The van der Waals surface area contributed by atoms with Crippen LogP contribution in [0, 0.1) is 5.82 Å². The highest BCUT2D eigenvalue weighted by molar-refractivity contribution is 5.62. The molecular weight excluding hydrogens is 355 g/mol. The van der Waals surface area contributed by atoms with Crippen molar-refractivity contribution in [3.8, 4) is 22.8 Å². The molecule has 0 saturated heterocycles. The molecule has 7 heteroatoms. The molecule has 4 heterocycles. The van der Waals surface area contributed by atoms with E-state index in [0.717, 1.165) is 35.4 Å². The molecule has 0 spiro atoms. The SMILES string of the molecule is CCCc1c(Cn2ccnc2-c2ncccc2F)ncnc1-c1cccnc1. The lowest BCUT2D eigenvalue weighted by Crippen LogP contribution is -2.09. The summed E-state index contributed by atoms with van der Waals surface area (Å²) < 4.78 is 16.1. The van der Waals surface area contributed by atoms with Crippen molar-refractivity contribution >= 4 is 0 Å². The number of imidazole rings is 1. The minimum Gasteiger partial charge on any atom is -0.324 e. The van der Waals surface area contributed by atoms with E-state index in [-0.39, 0.29) is 5.69 Å². The molecule has 0 N–H and O–H groups in total. The molecule has 140 valence electrons. The summed E-state index contributed by atoms with van der Waals surface area (Å²) in [6.45, 7) is 2.58. The molecular formula is C21H19FN6. The summed E-state index contributed by atoms with van der Waals surface area (Å²) in [6, 6.07) is 6.83. The number of pyridine rings is 2. The summed E-state index contributed by atoms with van der Waals surface area (Å²) >= 11 is 0. The van der Waals surface area contributed by atoms with Gasteiger partial charge in [-0.3, -0.25) is 4.98 Å². The Labute approximate surface area is 162 Å². The van der Waals surface area contributed by atoms with E-state index in [1.54, 1.807) is 37.2 Å². The van der Waals surface area contributed by atoms with Crippen LogP contribution in [0.1, 0.15) is 24.6 Å². The van der Waals surface area contributed by atoms with E-state index < -0.39 is 5.82 Å². The molecule has 6 nitrogen and oxygen atoms in total. The lowest BCUT2D eigenvalue weighted by Gasteiger charge is -2.14. The first-order valence-corrected chi connectivity index (χ1v) is 9.13. The minimum absolute atomic E-state index is 0.228. The van der Waals surface area contributed by atoms with Crippen LogP contribution in [-0.2, 0) is 13.0 Å². The summed E-state index contributed by atoms with van der Waals surface area (Å²) in [5.74, 6) is 0.0737. The molecule has 0 aliphatic rings. The predicted octanol–water partition coefficient (Wildman–Crippen LogP) is 3.94. The van der Waals surface area contributed by atoms with Gasteiger partial charge in [-0.05, 0) is 30.7 Å². The van der Waals surface area contributed by atoms with Gasteiger partial charge in [0, 0.05) is 42.1 Å². The Hall–Kier alpha value is -3.48. The molecule has 0 unspecified atom stereocenters. The van der Waals surface area contributed by atoms with E-state index in [2.05, 4.69) is 31.8 Å². The maximum Gasteiger partial charge on any atom is 0.162 e. The topological polar surface area (TPSA) is 69.4 Å². The average Bonchev–Trinajstić information content (AvgIpc) is 3.18. The van der Waals surface area contributed by atoms with Crippen molar-refractivity contribution in [1.29, 1.82) is 0 Å². The standard InChI is InChI=1S/C21H19FN6/c1-2-5-16-18(26-14-27-19(16)15-6-3-8-23-12-15)13-28-11-10-25-21(28)20-17(22)7-4-9-24-20/h3-4,6-12,14H,2,5,13H2,1H3. The van der Waals surface area contributed by atoms with Gasteiger partial charge >= 0.3 is 0 Å². The Morgan fingerprint density at radius 3 is 2.64 bits per heavy atom. The monoisotopic (exact) mass is 374 g/mol. The minimum atomic E-state index is -0.400. The van der Waals surface area contributed by atoms with E-state index in [9.17, 15) is 4.39 Å². The zero-order valence-corrected chi connectivity index (χ0v) is 15.5. The Bertz CT molecular complexity index is 1080. The fraction of sp³-hybridized carbons (Fsp3) is 0.190. The van der Waals surface area contributed by atoms with Crippen molar-refractivity contribution in [2.75, 3.05) is 0 Å². The number of rotatable bonds is 6. The molecule has 28 heavy (non-hydrogen) atoms. The molecule has 4 rings (SSSR count). The van der Waals surface area contributed by atoms with Gasteiger partial charge in [0.2, 0.25) is 0 Å². The van der Waals surface area contributed by atoms with Crippen LogP contribution in [0.3, 0.4) is 0 Å². The van der Waals surface area contributed by atoms with E-state index in [1.165, 1.54) is 6.07 Å². The zero-order chi connectivity index (χ0) is 19.3. The number of nitrogens with zero attached hydrogens (tertiary/aromatic N) is 6. The molecule has 0 aromatic carbocycles. The highest BCUT2D eigenvalue weighted by Gasteiger charge is 2.17. The Morgan fingerprint density at radius 2 is 1.86 bits per heavy atom. The molecule has 0 aliphatic heterocycles. The van der Waals surface area contributed by atoms with Crippen LogP contribution in [0.2, 0.25) is 0 Å². The van der Waals surface area contributed by atoms with Crippen LogP contribution >= 0.6 is 0 Å². The third kappa shape index (κ3) is 3.51. The molecule has 0 saturated carbocycles. The second-order valence-electron chi connectivity index (χ2n) is 6.35. The van der Waals surface area contributed by atoms with E-state index in [0.29, 0.717) is 12.4 Å². The first kappa shape index (κ1) is 17.9. The third-order valence-corrected chi connectivity index (χ3v) is 4.48. The van der Waals surface area contributed by atoms with Crippen LogP contribution in [-0.4, -0.2) is 29.5 Å². The van der Waals surface area contributed by atoms with Crippen molar-refractivity contribution in [1.82, 2.24) is 29.5 Å². The molecule has 0 fully saturated rings. The molecule has 4 aromatic heterocycles. The summed E-state index contributed by atoms with van der Waals surface area (Å²) in [4.78, 5) is 21.7. The molecule has 0 aliphatic carbocycles. The summed E-state index contributed by atoms with van der Waals surface area (Å²) in [5.41, 5.74) is 4.01. The molecule has 0 atom stereocenters. The maximum absolute atomic E-state index is 14.2. The molecule has 4 aromatic rings. The van der Waals surface area contributed by atoms with Crippen molar-refractivity contribution in [3.05, 3.63) is 78.7 Å². The maximum atomic E-state index is 14.2. The number of halogens is 1. The van der Waals surface area contributed by atoms with Crippen LogP contribution in [0.25, 0.3) is 22.8 Å². The zero-order valence-electron chi connectivity index (χ0n) is 15.5. The van der Waals surface area contributed by atoms with Gasteiger partial charge in [0.1, 0.15) is 12.0 Å². The number of hydrogen-bond donors (Lipinski definition) is 0. The fourth-order valence-electron chi connectivity index (χ4n) is 3.21. The lowest BCUT2D eigenvalue weighted by molar-refractivity contribution is 0.621. The van der Waals surface area contributed by atoms with Gasteiger partial charge in [0.05, 0.1) is 17.9 Å². The van der Waals surface area contributed by atoms with E-state index >= 15 is 0 Å². The Morgan fingerprint density at radius 1 is 0.964 bits per heavy atom. The van der Waals surface area contributed by atoms with Gasteiger partial charge < -0.3 is 4.57 Å². The van der Waals surface area contributed by atoms with Crippen LogP contribution in [0.4, 0.5) is 4.39 Å². The quantitative estimate of drug-likeness (QED) is 0.511. The highest BCUT2D eigenvalue weighted by Crippen LogP contribution is 2.25. The van der Waals surface area contributed by atoms with E-state index in [1.807, 2.05) is 22.9 Å². The van der Waals surface area contributed by atoms with Gasteiger partial charge in [0.15, 0.2) is 11.6 Å². The van der Waals surface area contributed by atoms with Crippen LogP contribution in [0.15, 0.2) is 61.6 Å². The third-order valence-electron chi connectivity index (χ3n) is 4.48. The smallest absolute Gasteiger partial charge is 0.162 e. The second-order valence-corrected chi connectivity index (χ2v) is 6.35. The van der Waals surface area contributed by atoms with Crippen molar-refractivity contribution in [3.63, 3.8) is 0 Å². The first-order valence-electron chi connectivity index (χ1n) is 9.13. The van der Waals surface area contributed by atoms with Crippen molar-refractivity contribution < 1.29 is 4.39 Å². The predicted molar refractivity (Wildman–Crippen MR) is 104 cm³/mol. The van der Waals surface area contributed by atoms with Crippen molar-refractivity contribution in [2.45, 2.75) is 26.3 Å². The molecule has 0 radical (unpaired) electrons. The van der Waals surface area contributed by atoms with Gasteiger partial charge in [-0.15, -0.1) is 0 Å². The van der Waals surface area contributed by atoms with Crippen LogP contribution < -0.4 is 0 Å². The summed E-state index contributed by atoms with van der Waals surface area (Å²) in [7, 11) is 0. The summed E-state index contributed by atoms with van der Waals surface area (Å²) in [6.07, 6.45) is 11.9. The normalized spacial score (nSPS) is 10.9. The van der Waals surface area contributed by atoms with Gasteiger partial charge in [-0.25, -0.2) is 24.3 Å². The Balaban J connectivity index is 1.76. The van der Waals surface area contributed by atoms with Crippen LogP contribution in [0.5, 0.6) is 0 Å².